The molecule has 40 heavy (non-hydrogen) atoms. The van der Waals surface area contributed by atoms with E-state index in [1.54, 1.807) is 0 Å². The van der Waals surface area contributed by atoms with Crippen LogP contribution < -0.4 is 0 Å². The maximum atomic E-state index is 13.6. The maximum Gasteiger partial charge on any atom is 0.167 e. The largest absolute Gasteiger partial charge is 0.306 e. The van der Waals surface area contributed by atoms with Gasteiger partial charge in [-0.25, -0.2) is 9.97 Å². The molecule has 3 fully saturated rings. The summed E-state index contributed by atoms with van der Waals surface area (Å²) in [7, 11) is 0. The molecule has 3 heterocycles. The number of Topliss-reactive ketones (excluding diaryl/α,β-unsaturated/α-hetero) is 1. The van der Waals surface area contributed by atoms with E-state index < -0.39 is 0 Å². The molecule has 2 aromatic carbocycles. The number of aryl methyl sites for hydroxylation is 2. The molecule has 202 valence electrons. The Morgan fingerprint density at radius 1 is 1.00 bits per heavy atom. The molecule has 0 atom stereocenters. The highest BCUT2D eigenvalue weighted by Crippen LogP contribution is 2.74. The monoisotopic (exact) mass is 529 g/mol. The second-order valence-electron chi connectivity index (χ2n) is 12.7. The Balaban J connectivity index is 1.10. The number of aromatic nitrogens is 5. The van der Waals surface area contributed by atoms with Crippen LogP contribution in [0.2, 0.25) is 0 Å². The van der Waals surface area contributed by atoms with E-state index in [0.717, 1.165) is 59.4 Å². The first-order valence-electron chi connectivity index (χ1n) is 14.3. The van der Waals surface area contributed by atoms with E-state index in [0.29, 0.717) is 12.3 Å². The van der Waals surface area contributed by atoms with Crippen molar-refractivity contribution in [2.24, 2.45) is 5.92 Å². The number of fused-ring (bicyclic) bond motifs is 1. The van der Waals surface area contributed by atoms with Gasteiger partial charge in [0.15, 0.2) is 11.4 Å². The molecule has 0 saturated heterocycles. The Hall–Kier alpha value is -4.06. The average molecular weight is 530 g/mol. The lowest BCUT2D eigenvalue weighted by molar-refractivity contribution is -0.0732. The highest BCUT2D eigenvalue weighted by molar-refractivity contribution is 5.98. The molecule has 0 radical (unpaired) electrons. The average Bonchev–Trinajstić information content (AvgIpc) is 3.50. The number of ketones is 1. The first-order valence-corrected chi connectivity index (χ1v) is 14.3. The van der Waals surface area contributed by atoms with Gasteiger partial charge in [0.25, 0.3) is 0 Å². The fourth-order valence-corrected chi connectivity index (χ4v) is 7.35. The summed E-state index contributed by atoms with van der Waals surface area (Å²) in [4.78, 5) is 26.9. The Labute approximate surface area is 235 Å². The van der Waals surface area contributed by atoms with E-state index >= 15 is 0 Å². The first-order chi connectivity index (χ1) is 19.2. The lowest BCUT2D eigenvalue weighted by atomic mass is 9.32. The van der Waals surface area contributed by atoms with Crippen molar-refractivity contribution in [2.75, 3.05) is 0 Å². The van der Waals surface area contributed by atoms with E-state index in [1.165, 1.54) is 16.8 Å². The minimum atomic E-state index is 0.166. The number of carbonyl (C=O) groups excluding carboxylic acids is 1. The van der Waals surface area contributed by atoms with Crippen molar-refractivity contribution >= 4 is 11.4 Å². The summed E-state index contributed by atoms with van der Waals surface area (Å²) in [6.45, 7) is 8.68. The minimum Gasteiger partial charge on any atom is -0.306 e. The molecule has 0 aliphatic heterocycles. The van der Waals surface area contributed by atoms with Crippen molar-refractivity contribution < 1.29 is 4.79 Å². The standard InChI is InChI=1S/C34H35N5O/c1-22(2)9-27-17-38(21-37-27)28-11-23(3)10-25(12-28)13-30(40)26-6-5-24(4)29(14-26)33-18-34(19-33,20-33)31-15-36-32-16-35-7-8-39(31)32/h5-8,10-12,14-17,21-22H,9,13,18-20H2,1-4H3. The lowest BCUT2D eigenvalue weighted by Crippen LogP contribution is -2.67. The van der Waals surface area contributed by atoms with Gasteiger partial charge in [0.05, 0.1) is 18.2 Å². The van der Waals surface area contributed by atoms with E-state index in [-0.39, 0.29) is 16.6 Å². The van der Waals surface area contributed by atoms with Crippen LogP contribution in [-0.2, 0) is 23.7 Å². The van der Waals surface area contributed by atoms with Crippen LogP contribution in [0.25, 0.3) is 11.3 Å². The van der Waals surface area contributed by atoms with Gasteiger partial charge in [0.1, 0.15) is 0 Å². The van der Waals surface area contributed by atoms with Gasteiger partial charge in [0.2, 0.25) is 0 Å². The molecule has 3 aliphatic carbocycles. The van der Waals surface area contributed by atoms with Crippen LogP contribution in [0.1, 0.15) is 77.1 Å². The molecule has 0 N–H and O–H groups in total. The highest BCUT2D eigenvalue weighted by Gasteiger charge is 2.70. The van der Waals surface area contributed by atoms with Gasteiger partial charge >= 0.3 is 0 Å². The highest BCUT2D eigenvalue weighted by atomic mass is 16.1. The van der Waals surface area contributed by atoms with Crippen LogP contribution >= 0.6 is 0 Å². The maximum absolute atomic E-state index is 13.6. The van der Waals surface area contributed by atoms with Crippen LogP contribution in [0, 0.1) is 19.8 Å². The molecule has 8 rings (SSSR count). The zero-order valence-corrected chi connectivity index (χ0v) is 23.7. The summed E-state index contributed by atoms with van der Waals surface area (Å²) >= 11 is 0. The van der Waals surface area contributed by atoms with Gasteiger partial charge in [-0.05, 0) is 91.3 Å². The third-order valence-electron chi connectivity index (χ3n) is 9.06. The third kappa shape index (κ3) is 4.00. The van der Waals surface area contributed by atoms with Gasteiger partial charge in [-0.2, -0.15) is 0 Å². The molecular formula is C34H35N5O. The van der Waals surface area contributed by atoms with Crippen molar-refractivity contribution in [1.82, 2.24) is 23.9 Å². The van der Waals surface area contributed by atoms with Gasteiger partial charge in [-0.15, -0.1) is 0 Å². The topological polar surface area (TPSA) is 65.1 Å². The molecule has 3 aliphatic rings. The molecular weight excluding hydrogens is 494 g/mol. The lowest BCUT2D eigenvalue weighted by Gasteiger charge is -2.71. The van der Waals surface area contributed by atoms with Crippen molar-refractivity contribution in [2.45, 2.75) is 70.6 Å². The predicted molar refractivity (Wildman–Crippen MR) is 156 cm³/mol. The molecule has 3 aromatic heterocycles. The Bertz CT molecular complexity index is 1750. The number of hydrogen-bond acceptors (Lipinski definition) is 4. The zero-order chi connectivity index (χ0) is 27.6. The number of hydrogen-bond donors (Lipinski definition) is 0. The second kappa shape index (κ2) is 8.98. The van der Waals surface area contributed by atoms with Crippen molar-refractivity contribution in [3.8, 4) is 5.69 Å². The number of imidazole rings is 2. The van der Waals surface area contributed by atoms with E-state index in [4.69, 9.17) is 0 Å². The van der Waals surface area contributed by atoms with E-state index in [2.05, 4.69) is 88.1 Å². The molecule has 6 heteroatoms. The molecule has 2 bridgehead atoms. The molecule has 0 spiro atoms. The Morgan fingerprint density at radius 2 is 1.82 bits per heavy atom. The summed E-state index contributed by atoms with van der Waals surface area (Å²) in [5.41, 5.74) is 10.3. The van der Waals surface area contributed by atoms with Crippen molar-refractivity contribution in [1.29, 1.82) is 0 Å². The Morgan fingerprint density at radius 3 is 2.62 bits per heavy atom. The molecule has 5 aromatic rings. The summed E-state index contributed by atoms with van der Waals surface area (Å²) in [5, 5.41) is 0. The van der Waals surface area contributed by atoms with Gasteiger partial charge in [-0.1, -0.05) is 32.0 Å². The summed E-state index contributed by atoms with van der Waals surface area (Å²) in [6.07, 6.45) is 16.4. The molecule has 0 amide bonds. The van der Waals surface area contributed by atoms with E-state index in [1.807, 2.05) is 37.2 Å². The van der Waals surface area contributed by atoms with Crippen LogP contribution in [0.5, 0.6) is 0 Å². The predicted octanol–water partition coefficient (Wildman–Crippen LogP) is 6.53. The zero-order valence-electron chi connectivity index (χ0n) is 23.7. The van der Waals surface area contributed by atoms with Gasteiger partial charge < -0.3 is 8.97 Å². The second-order valence-corrected chi connectivity index (χ2v) is 12.7. The molecule has 3 saturated carbocycles. The van der Waals surface area contributed by atoms with E-state index in [9.17, 15) is 4.79 Å². The van der Waals surface area contributed by atoms with Crippen LogP contribution in [0.3, 0.4) is 0 Å². The van der Waals surface area contributed by atoms with Crippen molar-refractivity contribution in [3.05, 3.63) is 113 Å². The third-order valence-corrected chi connectivity index (χ3v) is 9.06. The normalized spacial score (nSPS) is 21.4. The van der Waals surface area contributed by atoms with Gasteiger partial charge in [-0.3, -0.25) is 9.78 Å². The summed E-state index contributed by atoms with van der Waals surface area (Å²) in [5.74, 6) is 0.729. The Kier molecular flexibility index (Phi) is 5.60. The number of carbonyl (C=O) groups is 1. The number of benzene rings is 2. The molecule has 0 unspecified atom stereocenters. The fraction of sp³-hybridized carbons (Fsp3) is 0.353. The van der Waals surface area contributed by atoms with Crippen LogP contribution in [-0.4, -0.2) is 29.7 Å². The number of rotatable bonds is 8. The van der Waals surface area contributed by atoms with Crippen LogP contribution in [0.4, 0.5) is 0 Å². The fourth-order valence-electron chi connectivity index (χ4n) is 7.35. The minimum absolute atomic E-state index is 0.166. The summed E-state index contributed by atoms with van der Waals surface area (Å²) < 4.78 is 4.26. The smallest absolute Gasteiger partial charge is 0.167 e. The first kappa shape index (κ1) is 24.9. The molecule has 6 nitrogen and oxygen atoms in total. The van der Waals surface area contributed by atoms with Crippen LogP contribution in [0.15, 0.2) is 73.7 Å². The number of nitrogens with zero attached hydrogens (tertiary/aromatic N) is 5. The van der Waals surface area contributed by atoms with Crippen molar-refractivity contribution in [3.63, 3.8) is 0 Å². The van der Waals surface area contributed by atoms with Gasteiger partial charge in [0, 0.05) is 53.6 Å². The quantitative estimate of drug-likeness (QED) is 0.214. The SMILES string of the molecule is Cc1cc(CC(=O)c2ccc(C)c(C34CC(c5cnc6cnccn56)(C3)C4)c2)cc(-n2cnc(CC(C)C)c2)c1. The summed E-state index contributed by atoms with van der Waals surface area (Å²) in [6, 6.07) is 12.7.